The van der Waals surface area contributed by atoms with Gasteiger partial charge in [0.05, 0.1) is 6.54 Å². The molecule has 4 nitrogen and oxygen atoms in total. The molecular formula is C22H27Cl2F2N3O. The van der Waals surface area contributed by atoms with Gasteiger partial charge in [-0.3, -0.25) is 4.79 Å². The lowest BCUT2D eigenvalue weighted by Crippen LogP contribution is -2.49. The highest BCUT2D eigenvalue weighted by molar-refractivity contribution is 5.85. The van der Waals surface area contributed by atoms with Crippen molar-refractivity contribution in [1.82, 2.24) is 15.1 Å². The van der Waals surface area contributed by atoms with Gasteiger partial charge in [-0.2, -0.15) is 0 Å². The molecule has 1 aliphatic carbocycles. The zero-order valence-corrected chi connectivity index (χ0v) is 18.4. The Labute approximate surface area is 188 Å². The van der Waals surface area contributed by atoms with E-state index in [0.29, 0.717) is 24.1 Å². The van der Waals surface area contributed by atoms with Gasteiger partial charge in [-0.25, -0.2) is 8.78 Å². The lowest BCUT2D eigenvalue weighted by atomic mass is 10.0. The normalized spacial score (nSPS) is 20.8. The minimum Gasteiger partial charge on any atom is -0.339 e. The zero-order valence-electron chi connectivity index (χ0n) is 16.8. The van der Waals surface area contributed by atoms with E-state index in [1.165, 1.54) is 17.7 Å². The highest BCUT2D eigenvalue weighted by Gasteiger charge is 2.38. The molecule has 0 radical (unpaired) electrons. The third kappa shape index (κ3) is 5.70. The lowest BCUT2D eigenvalue weighted by molar-refractivity contribution is -0.131. The third-order valence-corrected chi connectivity index (χ3v) is 5.74. The largest absolute Gasteiger partial charge is 0.339 e. The van der Waals surface area contributed by atoms with E-state index in [4.69, 9.17) is 0 Å². The van der Waals surface area contributed by atoms with Crippen LogP contribution in [0.15, 0.2) is 42.5 Å². The van der Waals surface area contributed by atoms with Crippen molar-refractivity contribution in [1.29, 1.82) is 0 Å². The lowest BCUT2D eigenvalue weighted by Gasteiger charge is -2.32. The minimum absolute atomic E-state index is 0. The molecule has 4 rings (SSSR count). The maximum atomic E-state index is 13.9. The van der Waals surface area contributed by atoms with Crippen molar-refractivity contribution >= 4 is 30.7 Å². The Morgan fingerprint density at radius 2 is 1.70 bits per heavy atom. The number of nitrogens with one attached hydrogen (secondary N) is 1. The van der Waals surface area contributed by atoms with Crippen LogP contribution in [0, 0.1) is 11.6 Å². The predicted molar refractivity (Wildman–Crippen MR) is 120 cm³/mol. The molecule has 1 N–H and O–H groups in total. The Bertz CT molecular complexity index is 858. The van der Waals surface area contributed by atoms with Crippen LogP contribution in [0.4, 0.5) is 8.78 Å². The van der Waals surface area contributed by atoms with Gasteiger partial charge in [-0.15, -0.1) is 24.8 Å². The Kier molecular flexibility index (Phi) is 8.62. The van der Waals surface area contributed by atoms with Crippen molar-refractivity contribution in [3.8, 4) is 11.1 Å². The Morgan fingerprint density at radius 1 is 1.03 bits per heavy atom. The van der Waals surface area contributed by atoms with E-state index in [2.05, 4.69) is 17.3 Å². The summed E-state index contributed by atoms with van der Waals surface area (Å²) in [6.07, 6.45) is 1.00. The summed E-state index contributed by atoms with van der Waals surface area (Å²) in [5, 5.41) is 3.37. The highest BCUT2D eigenvalue weighted by Crippen LogP contribution is 2.41. The summed E-state index contributed by atoms with van der Waals surface area (Å²) in [6, 6.07) is 11.7. The number of nitrogens with zero attached hydrogens (tertiary/aromatic N) is 2. The van der Waals surface area contributed by atoms with Crippen LogP contribution in [0.25, 0.3) is 11.1 Å². The van der Waals surface area contributed by atoms with Crippen molar-refractivity contribution in [3.63, 3.8) is 0 Å². The average molecular weight is 458 g/mol. The number of rotatable bonds is 5. The zero-order chi connectivity index (χ0) is 19.7. The molecule has 2 aromatic rings. The molecule has 2 aromatic carbocycles. The molecule has 2 fully saturated rings. The Hall–Kier alpha value is -1.73. The van der Waals surface area contributed by atoms with Gasteiger partial charge in [-0.05, 0) is 36.7 Å². The predicted octanol–water partition coefficient (Wildman–Crippen LogP) is 3.69. The van der Waals surface area contributed by atoms with Crippen LogP contribution in [0.2, 0.25) is 0 Å². The molecule has 0 aromatic heterocycles. The first-order valence-corrected chi connectivity index (χ1v) is 9.76. The maximum absolute atomic E-state index is 13.9. The van der Waals surface area contributed by atoms with Gasteiger partial charge in [0.25, 0.3) is 0 Å². The summed E-state index contributed by atoms with van der Waals surface area (Å²) in [4.78, 5) is 16.5. The van der Waals surface area contributed by atoms with Gasteiger partial charge < -0.3 is 15.1 Å². The maximum Gasteiger partial charge on any atom is 0.236 e. The molecule has 1 saturated carbocycles. The number of halogens is 4. The van der Waals surface area contributed by atoms with Gasteiger partial charge in [-0.1, -0.05) is 24.3 Å². The summed E-state index contributed by atoms with van der Waals surface area (Å²) in [5.74, 6) is -0.578. The van der Waals surface area contributed by atoms with E-state index in [0.717, 1.165) is 44.2 Å². The van der Waals surface area contributed by atoms with Gasteiger partial charge in [0.1, 0.15) is 11.6 Å². The van der Waals surface area contributed by atoms with Crippen LogP contribution in [-0.4, -0.2) is 61.5 Å². The first-order valence-electron chi connectivity index (χ1n) is 9.76. The fraction of sp³-hybridized carbons (Fsp3) is 0.409. The quantitative estimate of drug-likeness (QED) is 0.743. The second-order valence-electron chi connectivity index (χ2n) is 7.76. The van der Waals surface area contributed by atoms with Crippen molar-refractivity contribution in [2.24, 2.45) is 0 Å². The van der Waals surface area contributed by atoms with E-state index in [1.807, 2.05) is 29.2 Å². The molecule has 1 heterocycles. The van der Waals surface area contributed by atoms with E-state index in [-0.39, 0.29) is 30.7 Å². The number of carbonyl (C=O) groups is 1. The fourth-order valence-corrected chi connectivity index (χ4v) is 3.81. The third-order valence-electron chi connectivity index (χ3n) is 5.74. The minimum atomic E-state index is -0.573. The topological polar surface area (TPSA) is 35.6 Å². The first-order chi connectivity index (χ1) is 13.5. The van der Waals surface area contributed by atoms with E-state index < -0.39 is 11.6 Å². The van der Waals surface area contributed by atoms with Crippen LogP contribution >= 0.6 is 24.8 Å². The van der Waals surface area contributed by atoms with Gasteiger partial charge in [0.2, 0.25) is 5.91 Å². The molecule has 1 amide bonds. The van der Waals surface area contributed by atoms with Crippen molar-refractivity contribution < 1.29 is 13.6 Å². The summed E-state index contributed by atoms with van der Waals surface area (Å²) in [5.41, 5.74) is 2.31. The molecule has 2 atom stereocenters. The Balaban J connectivity index is 0.00000160. The second kappa shape index (κ2) is 10.5. The molecule has 1 saturated heterocycles. The standard InChI is InChI=1S/C22H25F2N3O.2ClH/c1-26-8-10-27(11-9-26)22(28)14-25-21-13-19(21)16-4-2-15(3-5-16)18-7-6-17(23)12-20(18)24;;/h2-7,12,19,21,25H,8-11,13-14H2,1H3;2*1H/t19-,21+;;/m0../s1. The summed E-state index contributed by atoms with van der Waals surface area (Å²) < 4.78 is 27.0. The fourth-order valence-electron chi connectivity index (χ4n) is 3.81. The number of benzene rings is 2. The molecule has 0 spiro atoms. The van der Waals surface area contributed by atoms with Crippen molar-refractivity contribution in [2.75, 3.05) is 39.8 Å². The summed E-state index contributed by atoms with van der Waals surface area (Å²) in [7, 11) is 2.07. The number of likely N-dealkylation sites (N-methyl/N-ethyl adjacent to an activating group) is 1. The van der Waals surface area contributed by atoms with Crippen LogP contribution in [-0.2, 0) is 4.79 Å². The second-order valence-corrected chi connectivity index (χ2v) is 7.76. The molecular weight excluding hydrogens is 431 g/mol. The molecule has 8 heteroatoms. The van der Waals surface area contributed by atoms with E-state index >= 15 is 0 Å². The number of amides is 1. The summed E-state index contributed by atoms with van der Waals surface area (Å²) in [6.45, 7) is 3.83. The van der Waals surface area contributed by atoms with Gasteiger partial charge in [0, 0.05) is 49.8 Å². The molecule has 2 aliphatic rings. The smallest absolute Gasteiger partial charge is 0.236 e. The van der Waals surface area contributed by atoms with Gasteiger partial charge in [0.15, 0.2) is 0 Å². The summed E-state index contributed by atoms with van der Waals surface area (Å²) >= 11 is 0. The highest BCUT2D eigenvalue weighted by atomic mass is 35.5. The van der Waals surface area contributed by atoms with Gasteiger partial charge >= 0.3 is 0 Å². The molecule has 0 unspecified atom stereocenters. The molecule has 1 aliphatic heterocycles. The average Bonchev–Trinajstić information content (AvgIpc) is 3.47. The van der Waals surface area contributed by atoms with Crippen molar-refractivity contribution in [3.05, 3.63) is 59.7 Å². The SMILES string of the molecule is CN1CCN(C(=O)CN[C@@H]2C[C@H]2c2ccc(-c3ccc(F)cc3F)cc2)CC1.Cl.Cl. The number of hydrogen-bond donors (Lipinski definition) is 1. The number of carbonyl (C=O) groups excluding carboxylic acids is 1. The number of hydrogen-bond acceptors (Lipinski definition) is 3. The molecule has 0 bridgehead atoms. The molecule has 164 valence electrons. The first kappa shape index (κ1) is 24.5. The monoisotopic (exact) mass is 457 g/mol. The van der Waals surface area contributed by atoms with Crippen LogP contribution < -0.4 is 5.32 Å². The molecule has 30 heavy (non-hydrogen) atoms. The van der Waals surface area contributed by atoms with Crippen LogP contribution in [0.1, 0.15) is 17.9 Å². The van der Waals surface area contributed by atoms with E-state index in [9.17, 15) is 13.6 Å². The Morgan fingerprint density at radius 3 is 2.33 bits per heavy atom. The number of piperazine rings is 1. The van der Waals surface area contributed by atoms with Crippen LogP contribution in [0.5, 0.6) is 0 Å². The van der Waals surface area contributed by atoms with Crippen molar-refractivity contribution in [2.45, 2.75) is 18.4 Å². The van der Waals surface area contributed by atoms with Crippen LogP contribution in [0.3, 0.4) is 0 Å². The van der Waals surface area contributed by atoms with E-state index in [1.54, 1.807) is 0 Å².